The number of carbonyl (C=O) groups excluding carboxylic acids is 1. The number of ketones is 1. The summed E-state index contributed by atoms with van der Waals surface area (Å²) < 4.78 is 42.4. The van der Waals surface area contributed by atoms with Gasteiger partial charge in [-0.15, -0.1) is 0 Å². The average molecular weight is 383 g/mol. The van der Waals surface area contributed by atoms with E-state index in [9.17, 15) is 22.7 Å². The summed E-state index contributed by atoms with van der Waals surface area (Å²) in [6.07, 6.45) is -0.910. The SMILES string of the molecule is CC(=O)C(O)C(N)Cc1cccc(F)c1.Cc1ccc(S(=O)(=O)O)cc1. The highest BCUT2D eigenvalue weighted by atomic mass is 32.2. The molecule has 0 saturated heterocycles. The molecule has 0 saturated carbocycles. The van der Waals surface area contributed by atoms with Crippen LogP contribution in [0.25, 0.3) is 0 Å². The zero-order chi connectivity index (χ0) is 19.9. The Hall–Kier alpha value is -2.13. The molecule has 26 heavy (non-hydrogen) atoms. The first-order valence-electron chi connectivity index (χ1n) is 7.73. The van der Waals surface area contributed by atoms with Crippen LogP contribution in [0, 0.1) is 12.7 Å². The molecule has 0 aliphatic rings. The monoisotopic (exact) mass is 383 g/mol. The second-order valence-corrected chi connectivity index (χ2v) is 7.26. The van der Waals surface area contributed by atoms with Crippen LogP contribution in [0.1, 0.15) is 18.1 Å². The lowest BCUT2D eigenvalue weighted by atomic mass is 10.00. The summed E-state index contributed by atoms with van der Waals surface area (Å²) in [6, 6.07) is 11.2. The molecule has 142 valence electrons. The summed E-state index contributed by atoms with van der Waals surface area (Å²) in [7, 11) is -4.02. The standard InChI is InChI=1S/C11H14FNO2.C7H8O3S/c1-7(14)11(15)10(13)6-8-3-2-4-9(12)5-8;1-6-2-4-7(5-3-6)11(8,9)10/h2-5,10-11,15H,6,13H2,1H3;2-5H,1H3,(H,8,9,10). The van der Waals surface area contributed by atoms with Gasteiger partial charge in [0.15, 0.2) is 5.78 Å². The van der Waals surface area contributed by atoms with Crippen LogP contribution in [-0.2, 0) is 21.3 Å². The fourth-order valence-corrected chi connectivity index (χ4v) is 2.54. The fourth-order valence-electron chi connectivity index (χ4n) is 2.06. The van der Waals surface area contributed by atoms with E-state index in [4.69, 9.17) is 10.3 Å². The minimum atomic E-state index is -4.02. The highest BCUT2D eigenvalue weighted by molar-refractivity contribution is 7.85. The first-order chi connectivity index (χ1) is 12.0. The molecular weight excluding hydrogens is 361 g/mol. The van der Waals surface area contributed by atoms with Crippen molar-refractivity contribution < 1.29 is 27.3 Å². The molecule has 0 bridgehead atoms. The Morgan fingerprint density at radius 1 is 1.19 bits per heavy atom. The molecule has 4 N–H and O–H groups in total. The molecule has 0 fully saturated rings. The third-order valence-corrected chi connectivity index (χ3v) is 4.37. The van der Waals surface area contributed by atoms with Gasteiger partial charge in [0.05, 0.1) is 4.90 Å². The summed E-state index contributed by atoms with van der Waals surface area (Å²) in [5.74, 6) is -0.726. The average Bonchev–Trinajstić information content (AvgIpc) is 2.54. The quantitative estimate of drug-likeness (QED) is 0.679. The molecule has 8 heteroatoms. The van der Waals surface area contributed by atoms with Gasteiger partial charge in [-0.3, -0.25) is 9.35 Å². The number of Topliss-reactive ketones (excluding diaryl/α,β-unsaturated/α-hetero) is 1. The fraction of sp³-hybridized carbons (Fsp3) is 0.278. The van der Waals surface area contributed by atoms with Crippen LogP contribution in [0.2, 0.25) is 0 Å². The smallest absolute Gasteiger partial charge is 0.294 e. The van der Waals surface area contributed by atoms with E-state index in [1.54, 1.807) is 24.3 Å². The Labute approximate surface area is 152 Å². The topological polar surface area (TPSA) is 118 Å². The van der Waals surface area contributed by atoms with Crippen LogP contribution in [-0.4, -0.2) is 36.0 Å². The number of rotatable bonds is 5. The number of halogens is 1. The molecule has 0 heterocycles. The number of hydrogen-bond acceptors (Lipinski definition) is 5. The van der Waals surface area contributed by atoms with Gasteiger partial charge < -0.3 is 10.8 Å². The van der Waals surface area contributed by atoms with Crippen molar-refractivity contribution in [2.75, 3.05) is 0 Å². The van der Waals surface area contributed by atoms with E-state index in [-0.39, 0.29) is 22.9 Å². The highest BCUT2D eigenvalue weighted by Crippen LogP contribution is 2.09. The number of aliphatic hydroxyl groups excluding tert-OH is 1. The normalized spacial score (nSPS) is 13.3. The Bertz CT molecular complexity index is 837. The predicted molar refractivity (Wildman–Crippen MR) is 95.8 cm³/mol. The maximum Gasteiger partial charge on any atom is 0.294 e. The minimum Gasteiger partial charge on any atom is -0.384 e. The van der Waals surface area contributed by atoms with E-state index < -0.39 is 22.3 Å². The van der Waals surface area contributed by atoms with Gasteiger partial charge in [0.25, 0.3) is 10.1 Å². The Morgan fingerprint density at radius 3 is 2.23 bits per heavy atom. The van der Waals surface area contributed by atoms with Crippen molar-refractivity contribution in [1.29, 1.82) is 0 Å². The van der Waals surface area contributed by atoms with Crippen molar-refractivity contribution in [1.82, 2.24) is 0 Å². The van der Waals surface area contributed by atoms with Crippen LogP contribution in [0.3, 0.4) is 0 Å². The lowest BCUT2D eigenvalue weighted by molar-refractivity contribution is -0.125. The lowest BCUT2D eigenvalue weighted by Crippen LogP contribution is -2.41. The molecule has 0 radical (unpaired) electrons. The van der Waals surface area contributed by atoms with E-state index in [1.165, 1.54) is 31.2 Å². The van der Waals surface area contributed by atoms with Crippen LogP contribution < -0.4 is 5.73 Å². The minimum absolute atomic E-state index is 0.0666. The molecule has 0 spiro atoms. The van der Waals surface area contributed by atoms with Crippen molar-refractivity contribution in [2.45, 2.75) is 37.3 Å². The number of nitrogens with two attached hydrogens (primary N) is 1. The molecular formula is C18H22FNO5S. The van der Waals surface area contributed by atoms with E-state index in [1.807, 2.05) is 6.92 Å². The highest BCUT2D eigenvalue weighted by Gasteiger charge is 2.19. The lowest BCUT2D eigenvalue weighted by Gasteiger charge is -2.16. The zero-order valence-electron chi connectivity index (χ0n) is 14.5. The summed E-state index contributed by atoms with van der Waals surface area (Å²) >= 11 is 0. The van der Waals surface area contributed by atoms with E-state index >= 15 is 0 Å². The largest absolute Gasteiger partial charge is 0.384 e. The Morgan fingerprint density at radius 2 is 1.77 bits per heavy atom. The van der Waals surface area contributed by atoms with Crippen molar-refractivity contribution in [3.05, 3.63) is 65.5 Å². The molecule has 2 atom stereocenters. The molecule has 0 aliphatic heterocycles. The Kier molecular flexibility index (Phi) is 8.04. The number of hydrogen-bond donors (Lipinski definition) is 3. The van der Waals surface area contributed by atoms with Crippen molar-refractivity contribution >= 4 is 15.9 Å². The molecule has 2 aromatic rings. The van der Waals surface area contributed by atoms with Crippen LogP contribution in [0.4, 0.5) is 4.39 Å². The molecule has 2 unspecified atom stereocenters. The van der Waals surface area contributed by atoms with Gasteiger partial charge in [0.2, 0.25) is 0 Å². The zero-order valence-corrected chi connectivity index (χ0v) is 15.3. The molecule has 6 nitrogen and oxygen atoms in total. The van der Waals surface area contributed by atoms with E-state index in [0.717, 1.165) is 5.56 Å². The Balaban J connectivity index is 0.000000273. The van der Waals surface area contributed by atoms with Gasteiger partial charge in [-0.2, -0.15) is 8.42 Å². The van der Waals surface area contributed by atoms with Gasteiger partial charge in [-0.05, 0) is 50.1 Å². The predicted octanol–water partition coefficient (Wildman–Crippen LogP) is 1.89. The summed E-state index contributed by atoms with van der Waals surface area (Å²) in [4.78, 5) is 10.8. The summed E-state index contributed by atoms with van der Waals surface area (Å²) in [5.41, 5.74) is 7.23. The molecule has 0 aromatic heterocycles. The van der Waals surface area contributed by atoms with Crippen molar-refractivity contribution in [2.24, 2.45) is 5.73 Å². The van der Waals surface area contributed by atoms with Crippen molar-refractivity contribution in [3.63, 3.8) is 0 Å². The second-order valence-electron chi connectivity index (χ2n) is 5.84. The molecule has 2 aromatic carbocycles. The van der Waals surface area contributed by atoms with Gasteiger partial charge in [-0.1, -0.05) is 29.8 Å². The molecule has 0 amide bonds. The molecule has 0 aliphatic carbocycles. The van der Waals surface area contributed by atoms with Gasteiger partial charge >= 0.3 is 0 Å². The first kappa shape index (κ1) is 21.9. The summed E-state index contributed by atoms with van der Waals surface area (Å²) in [5, 5.41) is 9.36. The summed E-state index contributed by atoms with van der Waals surface area (Å²) in [6.45, 7) is 3.11. The van der Waals surface area contributed by atoms with E-state index in [0.29, 0.717) is 5.56 Å². The third kappa shape index (κ3) is 7.40. The number of benzene rings is 2. The number of carbonyl (C=O) groups is 1. The number of aliphatic hydroxyl groups is 1. The third-order valence-electron chi connectivity index (χ3n) is 3.50. The maximum absolute atomic E-state index is 12.8. The first-order valence-corrected chi connectivity index (χ1v) is 9.17. The van der Waals surface area contributed by atoms with E-state index in [2.05, 4.69) is 0 Å². The van der Waals surface area contributed by atoms with Gasteiger partial charge in [-0.25, -0.2) is 4.39 Å². The second kappa shape index (κ2) is 9.54. The van der Waals surface area contributed by atoms with Crippen molar-refractivity contribution in [3.8, 4) is 0 Å². The van der Waals surface area contributed by atoms with Crippen LogP contribution in [0.5, 0.6) is 0 Å². The van der Waals surface area contributed by atoms with Gasteiger partial charge in [0, 0.05) is 6.04 Å². The van der Waals surface area contributed by atoms with Crippen LogP contribution in [0.15, 0.2) is 53.4 Å². The molecule has 2 rings (SSSR count). The van der Waals surface area contributed by atoms with Gasteiger partial charge in [0.1, 0.15) is 11.9 Å². The maximum atomic E-state index is 12.8. The number of aryl methyl sites for hydroxylation is 1. The van der Waals surface area contributed by atoms with Crippen LogP contribution >= 0.6 is 0 Å².